The molecule has 1 aromatic carbocycles. The third-order valence-corrected chi connectivity index (χ3v) is 1.99. The molecule has 7 heteroatoms. The van der Waals surface area contributed by atoms with Crippen molar-refractivity contribution in [2.24, 2.45) is 5.73 Å². The summed E-state index contributed by atoms with van der Waals surface area (Å²) < 4.78 is 27.4. The van der Waals surface area contributed by atoms with E-state index in [1.165, 1.54) is 16.8 Å². The first-order valence-corrected chi connectivity index (χ1v) is 4.63. The average molecular weight is 225 g/mol. The minimum atomic E-state index is -0.669. The average Bonchev–Trinajstić information content (AvgIpc) is 2.65. The Hall–Kier alpha value is -1.89. The standard InChI is InChI=1S/C9H9F2N5/c10-7-3-6(4-8(11)5-7)9-13-14-15-16(9)2-1-12/h3-5H,1-2,12H2. The molecule has 0 aliphatic heterocycles. The van der Waals surface area contributed by atoms with Crippen molar-refractivity contribution in [3.05, 3.63) is 29.8 Å². The van der Waals surface area contributed by atoms with Gasteiger partial charge in [0.25, 0.3) is 0 Å². The largest absolute Gasteiger partial charge is 0.329 e. The molecular formula is C9H9F2N5. The van der Waals surface area contributed by atoms with Crippen LogP contribution in [-0.4, -0.2) is 26.8 Å². The van der Waals surface area contributed by atoms with E-state index in [0.717, 1.165) is 6.07 Å². The number of rotatable bonds is 3. The van der Waals surface area contributed by atoms with Gasteiger partial charge in [-0.3, -0.25) is 0 Å². The van der Waals surface area contributed by atoms with E-state index in [1.807, 2.05) is 0 Å². The number of tetrazole rings is 1. The third-order valence-electron chi connectivity index (χ3n) is 1.99. The van der Waals surface area contributed by atoms with Crippen LogP contribution in [0.5, 0.6) is 0 Å². The maximum absolute atomic E-state index is 13.0. The Balaban J connectivity index is 2.45. The lowest BCUT2D eigenvalue weighted by Crippen LogP contribution is -2.12. The molecule has 2 rings (SSSR count). The van der Waals surface area contributed by atoms with Gasteiger partial charge in [0.15, 0.2) is 5.82 Å². The van der Waals surface area contributed by atoms with E-state index >= 15 is 0 Å². The Labute approximate surface area is 89.9 Å². The molecule has 0 bridgehead atoms. The van der Waals surface area contributed by atoms with Gasteiger partial charge in [-0.1, -0.05) is 0 Å². The van der Waals surface area contributed by atoms with Gasteiger partial charge in [0.05, 0.1) is 6.54 Å². The molecule has 0 unspecified atom stereocenters. The molecule has 0 spiro atoms. The van der Waals surface area contributed by atoms with E-state index in [-0.39, 0.29) is 5.56 Å². The van der Waals surface area contributed by atoms with E-state index in [9.17, 15) is 8.78 Å². The molecule has 2 N–H and O–H groups in total. The SMILES string of the molecule is NCCn1nnnc1-c1cc(F)cc(F)c1. The number of aromatic nitrogens is 4. The summed E-state index contributed by atoms with van der Waals surface area (Å²) >= 11 is 0. The third kappa shape index (κ3) is 2.03. The molecule has 0 amide bonds. The van der Waals surface area contributed by atoms with Crippen molar-refractivity contribution in [1.29, 1.82) is 0 Å². The fourth-order valence-corrected chi connectivity index (χ4v) is 1.37. The molecule has 0 radical (unpaired) electrons. The van der Waals surface area contributed by atoms with Crippen LogP contribution in [0.15, 0.2) is 18.2 Å². The van der Waals surface area contributed by atoms with E-state index in [2.05, 4.69) is 15.5 Å². The highest BCUT2D eigenvalue weighted by molar-refractivity contribution is 5.54. The Kier molecular flexibility index (Phi) is 2.86. The molecule has 0 saturated heterocycles. The van der Waals surface area contributed by atoms with Gasteiger partial charge in [-0.15, -0.1) is 5.10 Å². The van der Waals surface area contributed by atoms with Crippen LogP contribution in [0.3, 0.4) is 0 Å². The van der Waals surface area contributed by atoms with Gasteiger partial charge >= 0.3 is 0 Å². The number of hydrogen-bond donors (Lipinski definition) is 1. The quantitative estimate of drug-likeness (QED) is 0.829. The van der Waals surface area contributed by atoms with E-state index in [1.54, 1.807) is 0 Å². The van der Waals surface area contributed by atoms with Crippen LogP contribution in [0.25, 0.3) is 11.4 Å². The van der Waals surface area contributed by atoms with Crippen molar-refractivity contribution in [1.82, 2.24) is 20.2 Å². The van der Waals surface area contributed by atoms with Crippen LogP contribution in [0.2, 0.25) is 0 Å². The highest BCUT2D eigenvalue weighted by atomic mass is 19.1. The van der Waals surface area contributed by atoms with Crippen LogP contribution in [0, 0.1) is 11.6 Å². The molecule has 0 atom stereocenters. The highest BCUT2D eigenvalue weighted by Crippen LogP contribution is 2.18. The lowest BCUT2D eigenvalue weighted by Gasteiger charge is -2.02. The summed E-state index contributed by atoms with van der Waals surface area (Å²) in [6, 6.07) is 3.13. The minimum Gasteiger partial charge on any atom is -0.329 e. The second kappa shape index (κ2) is 4.31. The summed E-state index contributed by atoms with van der Waals surface area (Å²) in [6.45, 7) is 0.732. The van der Waals surface area contributed by atoms with E-state index in [0.29, 0.717) is 18.9 Å². The summed E-state index contributed by atoms with van der Waals surface area (Å²) in [5.41, 5.74) is 5.65. The van der Waals surface area contributed by atoms with E-state index < -0.39 is 11.6 Å². The normalized spacial score (nSPS) is 10.7. The van der Waals surface area contributed by atoms with Crippen molar-refractivity contribution in [3.63, 3.8) is 0 Å². The first-order valence-electron chi connectivity index (χ1n) is 4.63. The predicted octanol–water partition coefficient (Wildman–Crippen LogP) is 0.577. The summed E-state index contributed by atoms with van der Waals surface area (Å²) in [6.07, 6.45) is 0. The van der Waals surface area contributed by atoms with Gasteiger partial charge in [-0.25, -0.2) is 13.5 Å². The molecule has 1 aromatic heterocycles. The van der Waals surface area contributed by atoms with Gasteiger partial charge in [0.2, 0.25) is 0 Å². The number of nitrogens with zero attached hydrogens (tertiary/aromatic N) is 4. The lowest BCUT2D eigenvalue weighted by molar-refractivity contribution is 0.581. The molecule has 1 heterocycles. The molecule has 5 nitrogen and oxygen atoms in total. The molecule has 0 aliphatic rings. The zero-order valence-corrected chi connectivity index (χ0v) is 8.27. The number of hydrogen-bond acceptors (Lipinski definition) is 4. The smallest absolute Gasteiger partial charge is 0.182 e. The van der Waals surface area contributed by atoms with Crippen molar-refractivity contribution in [2.75, 3.05) is 6.54 Å². The molecule has 16 heavy (non-hydrogen) atoms. The minimum absolute atomic E-state index is 0.288. The summed E-state index contributed by atoms with van der Waals surface area (Å²) in [4.78, 5) is 0. The zero-order valence-electron chi connectivity index (χ0n) is 8.27. The van der Waals surface area contributed by atoms with Crippen LogP contribution in [0.1, 0.15) is 0 Å². The highest BCUT2D eigenvalue weighted by Gasteiger charge is 2.10. The van der Waals surface area contributed by atoms with Crippen LogP contribution < -0.4 is 5.73 Å². The maximum atomic E-state index is 13.0. The summed E-state index contributed by atoms with van der Waals surface area (Å²) in [5.74, 6) is -1.04. The fraction of sp³-hybridized carbons (Fsp3) is 0.222. The second-order valence-corrected chi connectivity index (χ2v) is 3.17. The molecular weight excluding hydrogens is 216 g/mol. The topological polar surface area (TPSA) is 69.6 Å². The number of benzene rings is 1. The van der Waals surface area contributed by atoms with Gasteiger partial charge in [0.1, 0.15) is 11.6 Å². The van der Waals surface area contributed by atoms with Crippen molar-refractivity contribution >= 4 is 0 Å². The Morgan fingerprint density at radius 1 is 1.19 bits per heavy atom. The predicted molar refractivity (Wildman–Crippen MR) is 52.2 cm³/mol. The Morgan fingerprint density at radius 3 is 2.50 bits per heavy atom. The maximum Gasteiger partial charge on any atom is 0.182 e. The van der Waals surface area contributed by atoms with Crippen molar-refractivity contribution < 1.29 is 8.78 Å². The van der Waals surface area contributed by atoms with Crippen LogP contribution >= 0.6 is 0 Å². The van der Waals surface area contributed by atoms with Crippen molar-refractivity contribution in [3.8, 4) is 11.4 Å². The van der Waals surface area contributed by atoms with Gasteiger partial charge in [0, 0.05) is 18.2 Å². The second-order valence-electron chi connectivity index (χ2n) is 3.17. The lowest BCUT2D eigenvalue weighted by atomic mass is 10.2. The molecule has 0 saturated carbocycles. The Morgan fingerprint density at radius 2 is 1.88 bits per heavy atom. The molecule has 0 aliphatic carbocycles. The van der Waals surface area contributed by atoms with E-state index in [4.69, 9.17) is 5.73 Å². The summed E-state index contributed by atoms with van der Waals surface area (Å²) in [5, 5.41) is 10.8. The van der Waals surface area contributed by atoms with Crippen LogP contribution in [-0.2, 0) is 6.54 Å². The van der Waals surface area contributed by atoms with Gasteiger partial charge < -0.3 is 5.73 Å². The molecule has 0 fully saturated rings. The zero-order chi connectivity index (χ0) is 11.5. The summed E-state index contributed by atoms with van der Waals surface area (Å²) in [7, 11) is 0. The van der Waals surface area contributed by atoms with Gasteiger partial charge in [-0.05, 0) is 22.6 Å². The monoisotopic (exact) mass is 225 g/mol. The first-order chi connectivity index (χ1) is 7.70. The Bertz CT molecular complexity index is 476. The van der Waals surface area contributed by atoms with Crippen molar-refractivity contribution in [2.45, 2.75) is 6.54 Å². The van der Waals surface area contributed by atoms with Crippen LogP contribution in [0.4, 0.5) is 8.78 Å². The fourth-order valence-electron chi connectivity index (χ4n) is 1.37. The molecule has 84 valence electrons. The molecule has 2 aromatic rings. The first kappa shape index (κ1) is 10.6. The van der Waals surface area contributed by atoms with Gasteiger partial charge in [-0.2, -0.15) is 0 Å². The number of halogens is 2. The number of nitrogens with two attached hydrogens (primary N) is 1.